The van der Waals surface area contributed by atoms with E-state index in [1.807, 2.05) is 0 Å². The molecule has 0 aromatic rings. The van der Waals surface area contributed by atoms with Crippen molar-refractivity contribution in [3.8, 4) is 0 Å². The SMILES string of the molecule is OCCCCC(=S)N1CN(C(=S)CCCCO)CN(C(=S)CCCCO)C1. The molecular formula is C18H33N3O3S3. The molecule has 1 aliphatic heterocycles. The molecule has 1 heterocycles. The van der Waals surface area contributed by atoms with Crippen LogP contribution in [0.4, 0.5) is 0 Å². The molecule has 0 aromatic heterocycles. The topological polar surface area (TPSA) is 70.4 Å². The first-order valence-electron chi connectivity index (χ1n) is 9.69. The molecule has 0 aromatic carbocycles. The minimum Gasteiger partial charge on any atom is -0.396 e. The smallest absolute Gasteiger partial charge is 0.0947 e. The molecule has 27 heavy (non-hydrogen) atoms. The fourth-order valence-electron chi connectivity index (χ4n) is 2.86. The molecule has 0 atom stereocenters. The summed E-state index contributed by atoms with van der Waals surface area (Å²) in [7, 11) is 0. The van der Waals surface area contributed by atoms with Crippen molar-refractivity contribution >= 4 is 51.6 Å². The van der Waals surface area contributed by atoms with Gasteiger partial charge in [0.1, 0.15) is 0 Å². The molecule has 0 aliphatic carbocycles. The number of rotatable bonds is 12. The van der Waals surface area contributed by atoms with E-state index in [2.05, 4.69) is 14.7 Å². The van der Waals surface area contributed by atoms with Crippen molar-refractivity contribution in [2.45, 2.75) is 57.8 Å². The van der Waals surface area contributed by atoms with Crippen molar-refractivity contribution in [3.05, 3.63) is 0 Å². The van der Waals surface area contributed by atoms with E-state index < -0.39 is 0 Å². The maximum atomic E-state index is 8.98. The number of hydrogen-bond donors (Lipinski definition) is 3. The molecule has 0 bridgehead atoms. The zero-order valence-electron chi connectivity index (χ0n) is 16.0. The second-order valence-electron chi connectivity index (χ2n) is 6.77. The summed E-state index contributed by atoms with van der Waals surface area (Å²) in [5.74, 6) is 0. The second kappa shape index (κ2) is 14.5. The van der Waals surface area contributed by atoms with Crippen LogP contribution in [0.25, 0.3) is 0 Å². The van der Waals surface area contributed by atoms with Crippen LogP contribution in [0.15, 0.2) is 0 Å². The fourth-order valence-corrected chi connectivity index (χ4v) is 3.64. The van der Waals surface area contributed by atoms with Crippen LogP contribution in [0, 0.1) is 0 Å². The third-order valence-corrected chi connectivity index (χ3v) is 5.87. The van der Waals surface area contributed by atoms with Crippen molar-refractivity contribution in [1.82, 2.24) is 14.7 Å². The maximum absolute atomic E-state index is 8.98. The molecule has 1 rings (SSSR count). The van der Waals surface area contributed by atoms with Crippen molar-refractivity contribution in [3.63, 3.8) is 0 Å². The third-order valence-electron chi connectivity index (χ3n) is 4.48. The van der Waals surface area contributed by atoms with Crippen molar-refractivity contribution in [2.75, 3.05) is 39.8 Å². The molecule has 1 saturated heterocycles. The Balaban J connectivity index is 2.71. The van der Waals surface area contributed by atoms with E-state index in [9.17, 15) is 0 Å². The van der Waals surface area contributed by atoms with Gasteiger partial charge >= 0.3 is 0 Å². The van der Waals surface area contributed by atoms with Crippen LogP contribution >= 0.6 is 36.7 Å². The predicted octanol–water partition coefficient (Wildman–Crippen LogP) is 2.25. The number of unbranched alkanes of at least 4 members (excludes halogenated alkanes) is 3. The summed E-state index contributed by atoms with van der Waals surface area (Å²) in [4.78, 5) is 9.01. The maximum Gasteiger partial charge on any atom is 0.0947 e. The van der Waals surface area contributed by atoms with E-state index in [1.165, 1.54) is 0 Å². The Kier molecular flexibility index (Phi) is 13.2. The highest BCUT2D eigenvalue weighted by Gasteiger charge is 2.27. The molecule has 6 nitrogen and oxygen atoms in total. The van der Waals surface area contributed by atoms with Crippen molar-refractivity contribution < 1.29 is 15.3 Å². The quantitative estimate of drug-likeness (QED) is 0.316. The third kappa shape index (κ3) is 9.54. The lowest BCUT2D eigenvalue weighted by molar-refractivity contribution is 0.100. The minimum atomic E-state index is 0.185. The molecule has 3 N–H and O–H groups in total. The van der Waals surface area contributed by atoms with Gasteiger partial charge in [-0.1, -0.05) is 36.7 Å². The van der Waals surface area contributed by atoms with E-state index in [1.54, 1.807) is 0 Å². The molecule has 0 unspecified atom stereocenters. The lowest BCUT2D eigenvalue weighted by Gasteiger charge is -2.45. The van der Waals surface area contributed by atoms with Crippen LogP contribution in [-0.2, 0) is 0 Å². The predicted molar refractivity (Wildman–Crippen MR) is 121 cm³/mol. The van der Waals surface area contributed by atoms with E-state index in [-0.39, 0.29) is 19.8 Å². The van der Waals surface area contributed by atoms with Gasteiger partial charge in [0.2, 0.25) is 0 Å². The summed E-state index contributed by atoms with van der Waals surface area (Å²) in [6.07, 6.45) is 7.17. The van der Waals surface area contributed by atoms with Gasteiger partial charge in [0, 0.05) is 19.8 Å². The molecule has 1 aliphatic rings. The summed E-state index contributed by atoms with van der Waals surface area (Å²) in [5.41, 5.74) is 0. The summed E-state index contributed by atoms with van der Waals surface area (Å²) < 4.78 is 0. The molecular weight excluding hydrogens is 402 g/mol. The van der Waals surface area contributed by atoms with Crippen LogP contribution in [0.1, 0.15) is 57.8 Å². The van der Waals surface area contributed by atoms with Crippen LogP contribution in [0.3, 0.4) is 0 Å². The van der Waals surface area contributed by atoms with Crippen LogP contribution in [0.5, 0.6) is 0 Å². The van der Waals surface area contributed by atoms with Crippen LogP contribution in [0.2, 0.25) is 0 Å². The molecule has 0 saturated carbocycles. The first kappa shape index (κ1) is 24.6. The lowest BCUT2D eigenvalue weighted by Crippen LogP contribution is -2.58. The van der Waals surface area contributed by atoms with Gasteiger partial charge in [-0.2, -0.15) is 0 Å². The summed E-state index contributed by atoms with van der Waals surface area (Å²) in [5, 5.41) is 26.9. The van der Waals surface area contributed by atoms with Gasteiger partial charge in [-0.15, -0.1) is 0 Å². The van der Waals surface area contributed by atoms with Crippen molar-refractivity contribution in [2.24, 2.45) is 0 Å². The number of thiocarbonyl (C=S) groups is 3. The van der Waals surface area contributed by atoms with Gasteiger partial charge in [-0.25, -0.2) is 0 Å². The Morgan fingerprint density at radius 1 is 0.519 bits per heavy atom. The zero-order chi connectivity index (χ0) is 20.1. The lowest BCUT2D eigenvalue weighted by atomic mass is 10.2. The van der Waals surface area contributed by atoms with Crippen LogP contribution < -0.4 is 0 Å². The van der Waals surface area contributed by atoms with Gasteiger partial charge in [0.15, 0.2) is 0 Å². The highest BCUT2D eigenvalue weighted by molar-refractivity contribution is 7.80. The first-order valence-corrected chi connectivity index (χ1v) is 10.9. The monoisotopic (exact) mass is 435 g/mol. The molecule has 0 spiro atoms. The molecule has 9 heteroatoms. The Labute approximate surface area is 179 Å². The molecule has 0 radical (unpaired) electrons. The molecule has 156 valence electrons. The van der Waals surface area contributed by atoms with Crippen molar-refractivity contribution in [1.29, 1.82) is 0 Å². The highest BCUT2D eigenvalue weighted by atomic mass is 32.1. The fraction of sp³-hybridized carbons (Fsp3) is 0.833. The first-order chi connectivity index (χ1) is 13.0. The average Bonchev–Trinajstić information content (AvgIpc) is 2.67. The van der Waals surface area contributed by atoms with Gasteiger partial charge in [-0.3, -0.25) is 0 Å². The Morgan fingerprint density at radius 2 is 0.778 bits per heavy atom. The average molecular weight is 436 g/mol. The zero-order valence-corrected chi connectivity index (χ0v) is 18.5. The normalized spacial score (nSPS) is 14.6. The molecule has 0 amide bonds. The number of nitrogens with zero attached hydrogens (tertiary/aromatic N) is 3. The largest absolute Gasteiger partial charge is 0.396 e. The van der Waals surface area contributed by atoms with Crippen LogP contribution in [-0.4, -0.2) is 84.8 Å². The summed E-state index contributed by atoms with van der Waals surface area (Å²) >= 11 is 16.9. The minimum absolute atomic E-state index is 0.185. The van der Waals surface area contributed by atoms with E-state index >= 15 is 0 Å². The summed E-state index contributed by atoms with van der Waals surface area (Å²) in [6.45, 7) is 2.53. The second-order valence-corrected chi connectivity index (χ2v) is 8.18. The number of hydrogen-bond acceptors (Lipinski definition) is 6. The number of aliphatic hydroxyl groups is 3. The van der Waals surface area contributed by atoms with Gasteiger partial charge in [0.05, 0.1) is 35.0 Å². The Bertz CT molecular complexity index is 407. The highest BCUT2D eigenvalue weighted by Crippen LogP contribution is 2.17. The summed E-state index contributed by atoms with van der Waals surface area (Å²) in [6, 6.07) is 0. The van der Waals surface area contributed by atoms with Gasteiger partial charge < -0.3 is 30.0 Å². The standard InChI is InChI=1S/C18H33N3O3S3/c22-10-4-1-7-16(25)19-13-20(17(26)8-2-5-11-23)15-21(14-19)18(27)9-3-6-12-24/h22-24H,1-15H2. The van der Waals surface area contributed by atoms with Gasteiger partial charge in [0.25, 0.3) is 0 Å². The molecule has 1 fully saturated rings. The van der Waals surface area contributed by atoms with E-state index in [0.717, 1.165) is 72.8 Å². The van der Waals surface area contributed by atoms with Gasteiger partial charge in [-0.05, 0) is 57.8 Å². The van der Waals surface area contributed by atoms with E-state index in [4.69, 9.17) is 52.0 Å². The Hall–Kier alpha value is -0.450. The Morgan fingerprint density at radius 3 is 1.00 bits per heavy atom. The van der Waals surface area contributed by atoms with E-state index in [0.29, 0.717) is 20.0 Å². The number of aliphatic hydroxyl groups excluding tert-OH is 3.